The largest absolute Gasteiger partial charge is 0.386 e. The Balaban J connectivity index is 3.93. The Kier molecular flexibility index (Phi) is 9.16. The topological polar surface area (TPSA) is 82.8 Å². The Bertz CT molecular complexity index is 325. The number of nitrogens with one attached hydrogen (secondary N) is 2. The number of nitrogens with two attached hydrogens (primary N) is 1. The number of carbonyl (C=O) groups is 1. The fourth-order valence-electron chi connectivity index (χ4n) is 1.25. The summed E-state index contributed by atoms with van der Waals surface area (Å²) in [5.41, 5.74) is 0.730. The third-order valence-electron chi connectivity index (χ3n) is 2.36. The van der Waals surface area contributed by atoms with Crippen molar-refractivity contribution in [3.8, 4) is 0 Å². The highest BCUT2D eigenvalue weighted by Crippen LogP contribution is 1.96. The highest BCUT2D eigenvalue weighted by molar-refractivity contribution is 5.77. The molecule has 6 nitrogen and oxygen atoms in total. The summed E-state index contributed by atoms with van der Waals surface area (Å²) in [5.74, 6) is 5.87. The highest BCUT2D eigenvalue weighted by Gasteiger charge is 2.05. The van der Waals surface area contributed by atoms with Crippen LogP contribution >= 0.6 is 0 Å². The molecule has 0 aromatic rings. The Morgan fingerprint density at radius 3 is 2.74 bits per heavy atom. The van der Waals surface area contributed by atoms with Crippen molar-refractivity contribution in [3.63, 3.8) is 0 Å². The van der Waals surface area contributed by atoms with Crippen molar-refractivity contribution in [2.24, 2.45) is 16.8 Å². The molecule has 0 aliphatic heterocycles. The second kappa shape index (κ2) is 10.1. The van der Waals surface area contributed by atoms with Gasteiger partial charge in [0.2, 0.25) is 5.91 Å². The van der Waals surface area contributed by atoms with Gasteiger partial charge >= 0.3 is 0 Å². The van der Waals surface area contributed by atoms with Crippen LogP contribution in [0, 0.1) is 5.92 Å². The molecule has 0 heterocycles. The van der Waals surface area contributed by atoms with E-state index in [-0.39, 0.29) is 11.8 Å². The lowest BCUT2D eigenvalue weighted by molar-refractivity contribution is -0.123. The first-order chi connectivity index (χ1) is 9.01. The number of rotatable bonds is 10. The molecular formula is C13H25N5O. The van der Waals surface area contributed by atoms with Gasteiger partial charge < -0.3 is 15.6 Å². The van der Waals surface area contributed by atoms with E-state index < -0.39 is 0 Å². The zero-order chi connectivity index (χ0) is 14.7. The van der Waals surface area contributed by atoms with Crippen LogP contribution in [-0.4, -0.2) is 37.3 Å². The van der Waals surface area contributed by atoms with Crippen molar-refractivity contribution >= 4 is 12.6 Å². The molecule has 6 heteroatoms. The second-order valence-electron chi connectivity index (χ2n) is 4.40. The number of carbonyl (C=O) groups excluding carboxylic acids is 1. The fourth-order valence-corrected chi connectivity index (χ4v) is 1.25. The molecule has 0 rings (SSSR count). The van der Waals surface area contributed by atoms with Gasteiger partial charge in [-0.05, 0) is 19.3 Å². The zero-order valence-electron chi connectivity index (χ0n) is 11.9. The molecule has 0 radical (unpaired) electrons. The van der Waals surface area contributed by atoms with E-state index in [0.29, 0.717) is 19.6 Å². The van der Waals surface area contributed by atoms with Gasteiger partial charge in [-0.15, -0.1) is 0 Å². The summed E-state index contributed by atoms with van der Waals surface area (Å²) in [5, 5.41) is 7.30. The van der Waals surface area contributed by atoms with Gasteiger partial charge in [0.15, 0.2) is 0 Å². The molecule has 0 aromatic carbocycles. The molecule has 0 bridgehead atoms. The maximum atomic E-state index is 11.3. The van der Waals surface area contributed by atoms with E-state index >= 15 is 0 Å². The molecule has 1 amide bonds. The number of amides is 1. The smallest absolute Gasteiger partial charge is 0.222 e. The van der Waals surface area contributed by atoms with Crippen molar-refractivity contribution in [1.29, 1.82) is 0 Å². The van der Waals surface area contributed by atoms with Gasteiger partial charge in [0.1, 0.15) is 0 Å². The first-order valence-electron chi connectivity index (χ1n) is 6.32. The van der Waals surface area contributed by atoms with Crippen molar-refractivity contribution in [3.05, 3.63) is 24.7 Å². The summed E-state index contributed by atoms with van der Waals surface area (Å²) in [7, 11) is 0. The first kappa shape index (κ1) is 17.2. The normalized spacial score (nSPS) is 11.1. The average molecular weight is 267 g/mol. The minimum atomic E-state index is 0.00965. The monoisotopic (exact) mass is 267 g/mol. The van der Waals surface area contributed by atoms with E-state index in [1.165, 1.54) is 5.01 Å². The van der Waals surface area contributed by atoms with Gasteiger partial charge in [0.25, 0.3) is 0 Å². The molecule has 4 N–H and O–H groups in total. The minimum Gasteiger partial charge on any atom is -0.386 e. The number of hydrogen-bond donors (Lipinski definition) is 3. The van der Waals surface area contributed by atoms with E-state index in [1.54, 1.807) is 12.4 Å². The van der Waals surface area contributed by atoms with Gasteiger partial charge in [0.05, 0.1) is 12.2 Å². The second-order valence-corrected chi connectivity index (χ2v) is 4.40. The van der Waals surface area contributed by atoms with E-state index in [0.717, 1.165) is 12.1 Å². The summed E-state index contributed by atoms with van der Waals surface area (Å²) < 4.78 is 0. The SMILES string of the molecule is C=CNC/C(=C/N(N)CCCNC(=O)C(C)C)N=C. The molecule has 0 aromatic heterocycles. The molecule has 0 unspecified atom stereocenters. The molecule has 108 valence electrons. The maximum absolute atomic E-state index is 11.3. The van der Waals surface area contributed by atoms with Crippen LogP contribution in [0.4, 0.5) is 0 Å². The lowest BCUT2D eigenvalue weighted by Crippen LogP contribution is -2.33. The van der Waals surface area contributed by atoms with Gasteiger partial charge in [-0.25, -0.2) is 5.84 Å². The Hall–Kier alpha value is -1.82. The summed E-state index contributed by atoms with van der Waals surface area (Å²) >= 11 is 0. The average Bonchev–Trinajstić information content (AvgIpc) is 2.38. The molecule has 0 aliphatic carbocycles. The third kappa shape index (κ3) is 8.84. The molecule has 0 atom stereocenters. The van der Waals surface area contributed by atoms with Crippen LogP contribution < -0.4 is 16.5 Å². The van der Waals surface area contributed by atoms with Crippen LogP contribution in [0.1, 0.15) is 20.3 Å². The lowest BCUT2D eigenvalue weighted by atomic mass is 10.2. The van der Waals surface area contributed by atoms with E-state index in [1.807, 2.05) is 13.8 Å². The Morgan fingerprint density at radius 2 is 2.21 bits per heavy atom. The maximum Gasteiger partial charge on any atom is 0.222 e. The number of hydrazine groups is 1. The lowest BCUT2D eigenvalue weighted by Gasteiger charge is -2.15. The quantitative estimate of drug-likeness (QED) is 0.234. The molecule has 19 heavy (non-hydrogen) atoms. The van der Waals surface area contributed by atoms with E-state index in [4.69, 9.17) is 5.84 Å². The highest BCUT2D eigenvalue weighted by atomic mass is 16.1. The van der Waals surface area contributed by atoms with E-state index in [9.17, 15) is 4.79 Å². The predicted octanol–water partition coefficient (Wildman–Crippen LogP) is 0.600. The van der Waals surface area contributed by atoms with Crippen LogP contribution in [0.15, 0.2) is 29.7 Å². The molecule has 0 saturated carbocycles. The third-order valence-corrected chi connectivity index (χ3v) is 2.36. The van der Waals surface area contributed by atoms with Crippen molar-refractivity contribution in [2.45, 2.75) is 20.3 Å². The Morgan fingerprint density at radius 1 is 1.53 bits per heavy atom. The molecule has 0 fully saturated rings. The summed E-state index contributed by atoms with van der Waals surface area (Å²) in [6.45, 7) is 12.5. The van der Waals surface area contributed by atoms with Gasteiger partial charge in [0, 0.05) is 25.2 Å². The predicted molar refractivity (Wildman–Crippen MR) is 79.2 cm³/mol. The minimum absolute atomic E-state index is 0.00965. The summed E-state index contributed by atoms with van der Waals surface area (Å²) in [4.78, 5) is 15.2. The zero-order valence-corrected chi connectivity index (χ0v) is 11.9. The molecular weight excluding hydrogens is 242 g/mol. The summed E-state index contributed by atoms with van der Waals surface area (Å²) in [6.07, 6.45) is 4.07. The molecule has 0 saturated heterocycles. The van der Waals surface area contributed by atoms with Crippen LogP contribution in [0.3, 0.4) is 0 Å². The number of nitrogens with zero attached hydrogens (tertiary/aromatic N) is 2. The van der Waals surface area contributed by atoms with Crippen molar-refractivity contribution in [1.82, 2.24) is 15.6 Å². The number of hydrogen-bond acceptors (Lipinski definition) is 5. The van der Waals surface area contributed by atoms with Gasteiger partial charge in [-0.3, -0.25) is 9.79 Å². The van der Waals surface area contributed by atoms with Crippen LogP contribution in [0.2, 0.25) is 0 Å². The summed E-state index contributed by atoms with van der Waals surface area (Å²) in [6, 6.07) is 0. The first-order valence-corrected chi connectivity index (χ1v) is 6.32. The molecule has 0 spiro atoms. The van der Waals surface area contributed by atoms with Crippen molar-refractivity contribution < 1.29 is 4.79 Å². The fraction of sp³-hybridized carbons (Fsp3) is 0.538. The van der Waals surface area contributed by atoms with Crippen LogP contribution in [-0.2, 0) is 4.79 Å². The molecule has 0 aliphatic rings. The van der Waals surface area contributed by atoms with Gasteiger partial charge in [-0.1, -0.05) is 20.4 Å². The van der Waals surface area contributed by atoms with E-state index in [2.05, 4.69) is 28.9 Å². The van der Waals surface area contributed by atoms with Crippen LogP contribution in [0.5, 0.6) is 0 Å². The van der Waals surface area contributed by atoms with Crippen LogP contribution in [0.25, 0.3) is 0 Å². The van der Waals surface area contributed by atoms with Gasteiger partial charge in [-0.2, -0.15) is 0 Å². The number of aliphatic imine (C=N–C) groups is 1. The Labute approximate surface area is 115 Å². The standard InChI is InChI=1S/C13H25N5O/c1-5-16-9-12(15-4)10-18(14)8-6-7-17-13(19)11(2)3/h5,10-11,16H,1,4,6-9,14H2,2-3H3,(H,17,19)/b12-10-. The van der Waals surface area contributed by atoms with Crippen molar-refractivity contribution in [2.75, 3.05) is 19.6 Å².